The van der Waals surface area contributed by atoms with E-state index < -0.39 is 0 Å². The minimum Gasteiger partial charge on any atom is -0.364 e. The number of benzene rings is 1. The van der Waals surface area contributed by atoms with Gasteiger partial charge in [-0.15, -0.1) is 0 Å². The fraction of sp³-hybridized carbons (Fsp3) is 0.500. The van der Waals surface area contributed by atoms with Crippen LogP contribution >= 0.6 is 0 Å². The Balaban J connectivity index is 1.23. The van der Waals surface area contributed by atoms with Gasteiger partial charge in [0.2, 0.25) is 0 Å². The molecular weight excluding hydrogens is 326 g/mol. The van der Waals surface area contributed by atoms with E-state index in [1.807, 2.05) is 13.1 Å². The summed E-state index contributed by atoms with van der Waals surface area (Å²) in [6, 6.07) is 13.3. The van der Waals surface area contributed by atoms with Crippen LogP contribution in [-0.2, 0) is 13.0 Å². The van der Waals surface area contributed by atoms with Crippen molar-refractivity contribution in [3.05, 3.63) is 53.9 Å². The van der Waals surface area contributed by atoms with Crippen LogP contribution in [0.3, 0.4) is 0 Å². The van der Waals surface area contributed by atoms with Gasteiger partial charge in [-0.2, -0.15) is 0 Å². The molecule has 2 aromatic rings. The van der Waals surface area contributed by atoms with Crippen molar-refractivity contribution in [3.8, 4) is 0 Å². The maximum atomic E-state index is 4.92. The summed E-state index contributed by atoms with van der Waals surface area (Å²) < 4.78 is 4.92. The molecule has 0 spiro atoms. The van der Waals surface area contributed by atoms with E-state index in [4.69, 9.17) is 4.52 Å². The van der Waals surface area contributed by atoms with E-state index in [1.54, 1.807) is 6.26 Å². The molecule has 138 valence electrons. The maximum absolute atomic E-state index is 4.92. The molecule has 2 fully saturated rings. The van der Waals surface area contributed by atoms with Crippen molar-refractivity contribution in [2.45, 2.75) is 25.4 Å². The third kappa shape index (κ3) is 4.25. The molecule has 2 aliphatic rings. The molecule has 1 aliphatic carbocycles. The monoisotopic (exact) mass is 353 g/mol. The Morgan fingerprint density at radius 3 is 2.69 bits per heavy atom. The van der Waals surface area contributed by atoms with Gasteiger partial charge in [0.15, 0.2) is 5.96 Å². The quantitative estimate of drug-likeness (QED) is 0.658. The van der Waals surface area contributed by atoms with E-state index in [1.165, 1.54) is 12.0 Å². The Labute approximate surface area is 154 Å². The van der Waals surface area contributed by atoms with Crippen LogP contribution in [0.5, 0.6) is 0 Å². The standard InChI is InChI=1S/C20H27N5O/c1-21-20(22-19-14-17(19)13-16-5-3-2-4-6-16)25-10-8-24(9-11-25)15-18-7-12-26-23-18/h2-7,12,17,19H,8-11,13-15H2,1H3,(H,21,22). The highest BCUT2D eigenvalue weighted by Gasteiger charge is 2.38. The molecular formula is C20H27N5O. The van der Waals surface area contributed by atoms with Crippen LogP contribution < -0.4 is 5.32 Å². The number of nitrogens with one attached hydrogen (secondary N) is 1. The molecule has 0 bridgehead atoms. The molecule has 26 heavy (non-hydrogen) atoms. The summed E-state index contributed by atoms with van der Waals surface area (Å²) >= 11 is 0. The number of rotatable bonds is 5. The Kier molecular flexibility index (Phi) is 5.20. The predicted octanol–water partition coefficient (Wildman–Crippen LogP) is 2.00. The molecule has 4 rings (SSSR count). The van der Waals surface area contributed by atoms with Gasteiger partial charge in [0.25, 0.3) is 0 Å². The lowest BCUT2D eigenvalue weighted by Gasteiger charge is -2.36. The number of hydrogen-bond donors (Lipinski definition) is 1. The van der Waals surface area contributed by atoms with E-state index in [9.17, 15) is 0 Å². The lowest BCUT2D eigenvalue weighted by atomic mass is 10.1. The zero-order valence-corrected chi connectivity index (χ0v) is 15.3. The van der Waals surface area contributed by atoms with E-state index in [0.29, 0.717) is 6.04 Å². The van der Waals surface area contributed by atoms with Crippen molar-refractivity contribution < 1.29 is 4.52 Å². The van der Waals surface area contributed by atoms with Crippen LogP contribution in [0, 0.1) is 5.92 Å². The second-order valence-electron chi connectivity index (χ2n) is 7.24. The van der Waals surface area contributed by atoms with Crippen molar-refractivity contribution in [2.75, 3.05) is 33.2 Å². The van der Waals surface area contributed by atoms with Gasteiger partial charge in [-0.1, -0.05) is 35.5 Å². The minimum atomic E-state index is 0.557. The van der Waals surface area contributed by atoms with Crippen LogP contribution in [-0.4, -0.2) is 60.2 Å². The molecule has 1 aliphatic heterocycles. The van der Waals surface area contributed by atoms with Gasteiger partial charge in [0.1, 0.15) is 6.26 Å². The largest absolute Gasteiger partial charge is 0.364 e. The zero-order valence-electron chi connectivity index (χ0n) is 15.3. The topological polar surface area (TPSA) is 56.9 Å². The van der Waals surface area contributed by atoms with Crippen LogP contribution in [0.4, 0.5) is 0 Å². The maximum Gasteiger partial charge on any atom is 0.193 e. The van der Waals surface area contributed by atoms with Crippen molar-refractivity contribution in [3.63, 3.8) is 0 Å². The summed E-state index contributed by atoms with van der Waals surface area (Å²) in [5, 5.41) is 7.68. The Hall–Kier alpha value is -2.34. The summed E-state index contributed by atoms with van der Waals surface area (Å²) in [6.45, 7) is 4.89. The summed E-state index contributed by atoms with van der Waals surface area (Å²) in [5.41, 5.74) is 2.43. The van der Waals surface area contributed by atoms with Crippen molar-refractivity contribution in [2.24, 2.45) is 10.9 Å². The first kappa shape index (κ1) is 17.1. The second kappa shape index (κ2) is 7.91. The molecule has 1 saturated carbocycles. The molecule has 1 saturated heterocycles. The summed E-state index contributed by atoms with van der Waals surface area (Å²) in [4.78, 5) is 9.31. The highest BCUT2D eigenvalue weighted by molar-refractivity contribution is 5.80. The van der Waals surface area contributed by atoms with Crippen molar-refractivity contribution in [1.29, 1.82) is 0 Å². The molecule has 6 heteroatoms. The average Bonchev–Trinajstić information content (AvgIpc) is 3.19. The summed E-state index contributed by atoms with van der Waals surface area (Å²) in [5.74, 6) is 1.77. The first-order chi connectivity index (χ1) is 12.8. The Morgan fingerprint density at radius 1 is 1.19 bits per heavy atom. The predicted molar refractivity (Wildman–Crippen MR) is 102 cm³/mol. The summed E-state index contributed by atoms with van der Waals surface area (Å²) in [6.07, 6.45) is 4.03. The Bertz CT molecular complexity index is 707. The number of aliphatic imine (C=N–C) groups is 1. The van der Waals surface area contributed by atoms with E-state index >= 15 is 0 Å². The van der Waals surface area contributed by atoms with Gasteiger partial charge in [0.05, 0.1) is 5.69 Å². The van der Waals surface area contributed by atoms with Crippen LogP contribution in [0.1, 0.15) is 17.7 Å². The second-order valence-corrected chi connectivity index (χ2v) is 7.24. The molecule has 2 atom stereocenters. The number of aromatic nitrogens is 1. The van der Waals surface area contributed by atoms with Gasteiger partial charge in [-0.05, 0) is 24.3 Å². The molecule has 1 aromatic heterocycles. The third-order valence-corrected chi connectivity index (χ3v) is 5.34. The van der Waals surface area contributed by atoms with Crippen molar-refractivity contribution in [1.82, 2.24) is 20.3 Å². The molecule has 1 N–H and O–H groups in total. The van der Waals surface area contributed by atoms with Crippen LogP contribution in [0.25, 0.3) is 0 Å². The molecule has 0 amide bonds. The molecule has 2 unspecified atom stereocenters. The van der Waals surface area contributed by atoms with Gasteiger partial charge < -0.3 is 14.7 Å². The molecule has 0 radical (unpaired) electrons. The van der Waals surface area contributed by atoms with Crippen LogP contribution in [0.2, 0.25) is 0 Å². The van der Waals surface area contributed by atoms with Crippen LogP contribution in [0.15, 0.2) is 52.2 Å². The highest BCUT2D eigenvalue weighted by Crippen LogP contribution is 2.33. The van der Waals surface area contributed by atoms with Gasteiger partial charge in [0, 0.05) is 51.9 Å². The van der Waals surface area contributed by atoms with Gasteiger partial charge in [-0.3, -0.25) is 9.89 Å². The minimum absolute atomic E-state index is 0.557. The summed E-state index contributed by atoms with van der Waals surface area (Å²) in [7, 11) is 1.89. The number of guanidine groups is 1. The fourth-order valence-electron chi connectivity index (χ4n) is 3.70. The smallest absolute Gasteiger partial charge is 0.193 e. The molecule has 2 heterocycles. The van der Waals surface area contributed by atoms with Crippen molar-refractivity contribution >= 4 is 5.96 Å². The third-order valence-electron chi connectivity index (χ3n) is 5.34. The highest BCUT2D eigenvalue weighted by atomic mass is 16.5. The lowest BCUT2D eigenvalue weighted by Crippen LogP contribution is -2.52. The SMILES string of the molecule is CN=C(NC1CC1Cc1ccccc1)N1CCN(Cc2ccon2)CC1. The molecule has 6 nitrogen and oxygen atoms in total. The number of hydrogen-bond acceptors (Lipinski definition) is 4. The van der Waals surface area contributed by atoms with E-state index in [0.717, 1.165) is 56.7 Å². The number of nitrogens with zero attached hydrogens (tertiary/aromatic N) is 4. The van der Waals surface area contributed by atoms with Gasteiger partial charge >= 0.3 is 0 Å². The average molecular weight is 353 g/mol. The fourth-order valence-corrected chi connectivity index (χ4v) is 3.70. The first-order valence-electron chi connectivity index (χ1n) is 9.45. The lowest BCUT2D eigenvalue weighted by molar-refractivity contribution is 0.169. The van der Waals surface area contributed by atoms with Gasteiger partial charge in [-0.25, -0.2) is 0 Å². The first-order valence-corrected chi connectivity index (χ1v) is 9.45. The normalized spacial score (nSPS) is 23.9. The number of piperazine rings is 1. The zero-order chi connectivity index (χ0) is 17.8. The van der Waals surface area contributed by atoms with E-state index in [2.05, 4.69) is 55.6 Å². The molecule has 1 aromatic carbocycles. The Morgan fingerprint density at radius 2 is 2.00 bits per heavy atom. The van der Waals surface area contributed by atoms with E-state index in [-0.39, 0.29) is 0 Å².